The minimum Gasteiger partial charge on any atom is -0.396 e. The molecule has 0 radical (unpaired) electrons. The van der Waals surface area contributed by atoms with E-state index in [4.69, 9.17) is 0 Å². The van der Waals surface area contributed by atoms with Crippen LogP contribution < -0.4 is 10.6 Å². The molecule has 1 aliphatic carbocycles. The summed E-state index contributed by atoms with van der Waals surface area (Å²) < 4.78 is 1.97. The van der Waals surface area contributed by atoms with Gasteiger partial charge in [0.15, 0.2) is 0 Å². The largest absolute Gasteiger partial charge is 0.396 e. The second-order valence-corrected chi connectivity index (χ2v) is 7.07. The van der Waals surface area contributed by atoms with Gasteiger partial charge in [-0.25, -0.2) is 4.79 Å². The van der Waals surface area contributed by atoms with Gasteiger partial charge >= 0.3 is 6.03 Å². The Labute approximate surface area is 138 Å². The molecule has 1 aromatic rings. The fourth-order valence-electron chi connectivity index (χ4n) is 3.25. The van der Waals surface area contributed by atoms with Crippen LogP contribution in [0.4, 0.5) is 10.5 Å². The lowest BCUT2D eigenvalue weighted by atomic mass is 9.67. The number of hydrogen-bond acceptors (Lipinski definition) is 3. The highest BCUT2D eigenvalue weighted by Crippen LogP contribution is 2.43. The Balaban J connectivity index is 1.91. The SMILES string of the molecule is CCc1c(NC(=O)NCC2(CCO)CCC2)cnn1CC(C)C. The van der Waals surface area contributed by atoms with Crippen molar-refractivity contribution >= 4 is 11.7 Å². The fourth-order valence-corrected chi connectivity index (χ4v) is 3.25. The Morgan fingerprint density at radius 3 is 2.74 bits per heavy atom. The van der Waals surface area contributed by atoms with Crippen LogP contribution in [0.25, 0.3) is 0 Å². The first-order chi connectivity index (χ1) is 11.0. The number of hydrogen-bond donors (Lipinski definition) is 3. The van der Waals surface area contributed by atoms with Crippen LogP contribution in [0, 0.1) is 11.3 Å². The van der Waals surface area contributed by atoms with Crippen LogP contribution in [-0.4, -0.2) is 34.1 Å². The second kappa shape index (κ2) is 7.81. The summed E-state index contributed by atoms with van der Waals surface area (Å²) in [5.74, 6) is 0.513. The number of carbonyl (C=O) groups is 1. The van der Waals surface area contributed by atoms with E-state index >= 15 is 0 Å². The van der Waals surface area contributed by atoms with E-state index in [9.17, 15) is 9.90 Å². The molecule has 23 heavy (non-hydrogen) atoms. The molecule has 0 saturated heterocycles. The van der Waals surface area contributed by atoms with Gasteiger partial charge in [-0.1, -0.05) is 27.2 Å². The summed E-state index contributed by atoms with van der Waals surface area (Å²) in [5.41, 5.74) is 1.94. The lowest BCUT2D eigenvalue weighted by Gasteiger charge is -2.41. The summed E-state index contributed by atoms with van der Waals surface area (Å²) in [6, 6.07) is -0.187. The van der Waals surface area contributed by atoms with Gasteiger partial charge in [-0.2, -0.15) is 5.10 Å². The molecule has 1 saturated carbocycles. The molecule has 1 aromatic heterocycles. The van der Waals surface area contributed by atoms with E-state index in [1.807, 2.05) is 4.68 Å². The number of urea groups is 1. The van der Waals surface area contributed by atoms with E-state index in [1.165, 1.54) is 6.42 Å². The smallest absolute Gasteiger partial charge is 0.319 e. The molecular weight excluding hydrogens is 292 g/mol. The van der Waals surface area contributed by atoms with Gasteiger partial charge in [0.25, 0.3) is 0 Å². The highest BCUT2D eigenvalue weighted by atomic mass is 16.3. The van der Waals surface area contributed by atoms with Gasteiger partial charge in [-0.05, 0) is 37.0 Å². The summed E-state index contributed by atoms with van der Waals surface area (Å²) in [4.78, 5) is 12.2. The Hall–Kier alpha value is -1.56. The summed E-state index contributed by atoms with van der Waals surface area (Å²) in [7, 11) is 0. The predicted octanol–water partition coefficient (Wildman–Crippen LogP) is 2.78. The number of anilines is 1. The summed E-state index contributed by atoms with van der Waals surface area (Å²) in [6.45, 7) is 8.04. The van der Waals surface area contributed by atoms with Crippen molar-refractivity contribution in [3.63, 3.8) is 0 Å². The molecule has 6 heteroatoms. The molecule has 1 heterocycles. The topological polar surface area (TPSA) is 79.2 Å². The fraction of sp³-hybridized carbons (Fsp3) is 0.765. The number of amides is 2. The molecule has 1 fully saturated rings. The molecule has 130 valence electrons. The zero-order valence-electron chi connectivity index (χ0n) is 14.6. The van der Waals surface area contributed by atoms with E-state index in [0.717, 1.165) is 43.6 Å². The highest BCUT2D eigenvalue weighted by molar-refractivity contribution is 5.89. The maximum absolute atomic E-state index is 12.2. The van der Waals surface area contributed by atoms with Gasteiger partial charge < -0.3 is 15.7 Å². The minimum absolute atomic E-state index is 0.0987. The van der Waals surface area contributed by atoms with Gasteiger partial charge in [0, 0.05) is 19.7 Å². The maximum Gasteiger partial charge on any atom is 0.319 e. The van der Waals surface area contributed by atoms with Crippen LogP contribution in [0.3, 0.4) is 0 Å². The average molecular weight is 322 g/mol. The Morgan fingerprint density at radius 2 is 2.22 bits per heavy atom. The van der Waals surface area contributed by atoms with Crippen molar-refractivity contribution in [1.29, 1.82) is 0 Å². The van der Waals surface area contributed by atoms with Crippen molar-refractivity contribution < 1.29 is 9.90 Å². The average Bonchev–Trinajstić information content (AvgIpc) is 2.82. The number of rotatable bonds is 8. The van der Waals surface area contributed by atoms with Crippen LogP contribution in [-0.2, 0) is 13.0 Å². The molecule has 6 nitrogen and oxygen atoms in total. The van der Waals surface area contributed by atoms with E-state index < -0.39 is 0 Å². The van der Waals surface area contributed by atoms with Crippen molar-refractivity contribution in [2.45, 2.75) is 59.4 Å². The van der Waals surface area contributed by atoms with Crippen molar-refractivity contribution in [3.05, 3.63) is 11.9 Å². The molecule has 0 atom stereocenters. The molecule has 2 amide bonds. The summed E-state index contributed by atoms with van der Waals surface area (Å²) in [6.07, 6.45) is 6.68. The Kier molecular flexibility index (Phi) is 6.04. The lowest BCUT2D eigenvalue weighted by Crippen LogP contribution is -2.44. The van der Waals surface area contributed by atoms with Crippen LogP contribution in [0.1, 0.15) is 52.1 Å². The number of aliphatic hydroxyl groups is 1. The third-order valence-corrected chi connectivity index (χ3v) is 4.75. The molecule has 0 unspecified atom stereocenters. The number of carbonyl (C=O) groups excluding carboxylic acids is 1. The summed E-state index contributed by atoms with van der Waals surface area (Å²) in [5, 5.41) is 19.4. The molecule has 2 rings (SSSR count). The van der Waals surface area contributed by atoms with Crippen LogP contribution in [0.2, 0.25) is 0 Å². The van der Waals surface area contributed by atoms with Crippen LogP contribution in [0.5, 0.6) is 0 Å². The molecule has 1 aliphatic rings. The lowest BCUT2D eigenvalue weighted by molar-refractivity contribution is 0.0892. The third kappa shape index (κ3) is 4.47. The zero-order valence-corrected chi connectivity index (χ0v) is 14.6. The number of aliphatic hydroxyl groups excluding tert-OH is 1. The normalized spacial score (nSPS) is 16.2. The number of nitrogens with zero attached hydrogens (tertiary/aromatic N) is 2. The van der Waals surface area contributed by atoms with Gasteiger partial charge in [0.2, 0.25) is 0 Å². The predicted molar refractivity (Wildman–Crippen MR) is 91.5 cm³/mol. The highest BCUT2D eigenvalue weighted by Gasteiger charge is 2.36. The van der Waals surface area contributed by atoms with Gasteiger partial charge in [-0.3, -0.25) is 4.68 Å². The summed E-state index contributed by atoms with van der Waals surface area (Å²) >= 11 is 0. The molecule has 0 bridgehead atoms. The first-order valence-corrected chi connectivity index (χ1v) is 8.70. The van der Waals surface area contributed by atoms with Crippen molar-refractivity contribution in [1.82, 2.24) is 15.1 Å². The Bertz CT molecular complexity index is 521. The first kappa shape index (κ1) is 17.8. The molecule has 0 aromatic carbocycles. The minimum atomic E-state index is -0.187. The second-order valence-electron chi connectivity index (χ2n) is 7.07. The van der Waals surface area contributed by atoms with Crippen molar-refractivity contribution in [2.75, 3.05) is 18.5 Å². The number of aromatic nitrogens is 2. The van der Waals surface area contributed by atoms with Gasteiger partial charge in [0.05, 0.1) is 17.6 Å². The van der Waals surface area contributed by atoms with E-state index in [2.05, 4.69) is 36.5 Å². The molecule has 0 spiro atoms. The van der Waals surface area contributed by atoms with Crippen molar-refractivity contribution in [3.8, 4) is 0 Å². The van der Waals surface area contributed by atoms with Gasteiger partial charge in [-0.15, -0.1) is 0 Å². The third-order valence-electron chi connectivity index (χ3n) is 4.75. The van der Waals surface area contributed by atoms with Crippen molar-refractivity contribution in [2.24, 2.45) is 11.3 Å². The maximum atomic E-state index is 12.2. The van der Waals surface area contributed by atoms with Gasteiger partial charge in [0.1, 0.15) is 0 Å². The molecular formula is C17H30N4O2. The van der Waals surface area contributed by atoms with E-state index in [1.54, 1.807) is 6.20 Å². The first-order valence-electron chi connectivity index (χ1n) is 8.70. The van der Waals surface area contributed by atoms with Crippen LogP contribution >= 0.6 is 0 Å². The van der Waals surface area contributed by atoms with Crippen LogP contribution in [0.15, 0.2) is 6.20 Å². The van der Waals surface area contributed by atoms with E-state index in [-0.39, 0.29) is 18.1 Å². The standard InChI is InChI=1S/C17H30N4O2/c1-4-15-14(10-19-21(15)11-13(2)3)20-16(23)18-12-17(8-9-22)6-5-7-17/h10,13,22H,4-9,11-12H2,1-3H3,(H2,18,20,23). The quantitative estimate of drug-likeness (QED) is 0.688. The monoisotopic (exact) mass is 322 g/mol. The zero-order chi connectivity index (χ0) is 16.9. The molecule has 3 N–H and O–H groups in total. The molecule has 0 aliphatic heterocycles. The number of nitrogens with one attached hydrogen (secondary N) is 2. The van der Waals surface area contributed by atoms with E-state index in [0.29, 0.717) is 12.5 Å². The Morgan fingerprint density at radius 1 is 1.48 bits per heavy atom.